The number of anilines is 1. The Morgan fingerprint density at radius 1 is 1.12 bits per heavy atom. The van der Waals surface area contributed by atoms with Crippen LogP contribution in [0.2, 0.25) is 0 Å². The van der Waals surface area contributed by atoms with E-state index in [9.17, 15) is 4.79 Å². The highest BCUT2D eigenvalue weighted by Crippen LogP contribution is 2.25. The maximum Gasteiger partial charge on any atom is 0.322 e. The first-order valence-electron chi connectivity index (χ1n) is 8.48. The molecule has 26 heavy (non-hydrogen) atoms. The van der Waals surface area contributed by atoms with Crippen LogP contribution < -0.4 is 5.32 Å². The first-order chi connectivity index (χ1) is 12.8. The molecule has 2 heterocycles. The highest BCUT2D eigenvalue weighted by atomic mass is 16.5. The van der Waals surface area contributed by atoms with Crippen molar-refractivity contribution in [2.24, 2.45) is 0 Å². The van der Waals surface area contributed by atoms with Gasteiger partial charge < -0.3 is 15.0 Å². The predicted octanol–water partition coefficient (Wildman–Crippen LogP) is 2.87. The van der Waals surface area contributed by atoms with Gasteiger partial charge in [0.05, 0.1) is 37.3 Å². The zero-order valence-corrected chi connectivity index (χ0v) is 14.2. The third-order valence-electron chi connectivity index (χ3n) is 4.38. The van der Waals surface area contributed by atoms with Crippen LogP contribution in [0.15, 0.2) is 67.0 Å². The minimum Gasteiger partial charge on any atom is -0.377 e. The van der Waals surface area contributed by atoms with Gasteiger partial charge >= 0.3 is 6.03 Å². The van der Waals surface area contributed by atoms with Crippen molar-refractivity contribution in [3.8, 4) is 5.69 Å². The molecule has 1 atom stereocenters. The second-order valence-electron chi connectivity index (χ2n) is 6.02. The number of amides is 2. The summed E-state index contributed by atoms with van der Waals surface area (Å²) in [6, 6.07) is 17.2. The van der Waals surface area contributed by atoms with Gasteiger partial charge in [-0.05, 0) is 29.8 Å². The first kappa shape index (κ1) is 16.3. The van der Waals surface area contributed by atoms with Crippen molar-refractivity contribution in [3.05, 3.63) is 72.6 Å². The van der Waals surface area contributed by atoms with Crippen LogP contribution in [-0.4, -0.2) is 45.7 Å². The van der Waals surface area contributed by atoms with E-state index in [0.717, 1.165) is 16.9 Å². The lowest BCUT2D eigenvalue weighted by Gasteiger charge is -2.35. The summed E-state index contributed by atoms with van der Waals surface area (Å²) in [5, 5.41) is 10.7. The van der Waals surface area contributed by atoms with E-state index in [1.807, 2.05) is 59.5 Å². The molecule has 1 aliphatic rings. The monoisotopic (exact) mass is 349 g/mol. The number of ether oxygens (including phenoxy) is 1. The van der Waals surface area contributed by atoms with Crippen molar-refractivity contribution in [1.29, 1.82) is 0 Å². The maximum atomic E-state index is 12.8. The van der Waals surface area contributed by atoms with Crippen molar-refractivity contribution < 1.29 is 9.53 Å². The van der Waals surface area contributed by atoms with Gasteiger partial charge in [-0.2, -0.15) is 0 Å². The quantitative estimate of drug-likeness (QED) is 0.789. The Balaban J connectivity index is 1.48. The van der Waals surface area contributed by atoms with Crippen LogP contribution in [-0.2, 0) is 4.74 Å². The summed E-state index contributed by atoms with van der Waals surface area (Å²) in [7, 11) is 0. The van der Waals surface area contributed by atoms with Crippen LogP contribution >= 0.6 is 0 Å². The Labute approximate surface area is 151 Å². The molecule has 1 aliphatic heterocycles. The Hall–Kier alpha value is -3.19. The van der Waals surface area contributed by atoms with E-state index in [2.05, 4.69) is 15.6 Å². The van der Waals surface area contributed by atoms with Gasteiger partial charge in [-0.3, -0.25) is 0 Å². The van der Waals surface area contributed by atoms with E-state index in [0.29, 0.717) is 19.8 Å². The molecule has 1 N–H and O–H groups in total. The molecular weight excluding hydrogens is 330 g/mol. The number of nitrogens with zero attached hydrogens (tertiary/aromatic N) is 4. The summed E-state index contributed by atoms with van der Waals surface area (Å²) in [5.74, 6) is 0. The van der Waals surface area contributed by atoms with Gasteiger partial charge in [0.25, 0.3) is 0 Å². The number of hydrogen-bond acceptors (Lipinski definition) is 4. The molecule has 0 unspecified atom stereocenters. The molecule has 2 aromatic carbocycles. The number of urea groups is 1. The SMILES string of the molecule is O=C(Nc1ccc(-n2ccnn2)cc1)N1CCOC[C@@H]1c1ccccc1. The van der Waals surface area contributed by atoms with Crippen LogP contribution in [0.5, 0.6) is 0 Å². The molecule has 4 rings (SSSR count). The smallest absolute Gasteiger partial charge is 0.322 e. The highest BCUT2D eigenvalue weighted by molar-refractivity contribution is 5.89. The largest absolute Gasteiger partial charge is 0.377 e. The van der Waals surface area contributed by atoms with Crippen molar-refractivity contribution >= 4 is 11.7 Å². The predicted molar refractivity (Wildman–Crippen MR) is 97.1 cm³/mol. The van der Waals surface area contributed by atoms with Gasteiger partial charge in [0.1, 0.15) is 0 Å². The van der Waals surface area contributed by atoms with Crippen molar-refractivity contribution in [1.82, 2.24) is 19.9 Å². The third kappa shape index (κ3) is 3.43. The highest BCUT2D eigenvalue weighted by Gasteiger charge is 2.28. The molecule has 7 heteroatoms. The maximum absolute atomic E-state index is 12.8. The lowest BCUT2D eigenvalue weighted by atomic mass is 10.1. The number of hydrogen-bond donors (Lipinski definition) is 1. The molecule has 2 amide bonds. The summed E-state index contributed by atoms with van der Waals surface area (Å²) < 4.78 is 7.25. The van der Waals surface area contributed by atoms with Crippen molar-refractivity contribution in [3.63, 3.8) is 0 Å². The summed E-state index contributed by atoms with van der Waals surface area (Å²) in [6.45, 7) is 1.60. The topological polar surface area (TPSA) is 72.3 Å². The molecule has 1 fully saturated rings. The number of benzene rings is 2. The van der Waals surface area contributed by atoms with E-state index in [1.165, 1.54) is 0 Å². The number of carbonyl (C=O) groups excluding carboxylic acids is 1. The molecule has 1 saturated heterocycles. The lowest BCUT2D eigenvalue weighted by molar-refractivity contribution is 0.0148. The third-order valence-corrected chi connectivity index (χ3v) is 4.38. The van der Waals surface area contributed by atoms with Gasteiger partial charge in [-0.1, -0.05) is 35.5 Å². The molecule has 7 nitrogen and oxygen atoms in total. The Morgan fingerprint density at radius 3 is 2.65 bits per heavy atom. The zero-order valence-electron chi connectivity index (χ0n) is 14.2. The van der Waals surface area contributed by atoms with Crippen molar-refractivity contribution in [2.75, 3.05) is 25.1 Å². The number of morpholine rings is 1. The molecule has 0 spiro atoms. The molecule has 0 saturated carbocycles. The van der Waals surface area contributed by atoms with Gasteiger partial charge in [0, 0.05) is 12.2 Å². The van der Waals surface area contributed by atoms with Crippen molar-refractivity contribution in [2.45, 2.75) is 6.04 Å². The number of nitrogens with one attached hydrogen (secondary N) is 1. The lowest BCUT2D eigenvalue weighted by Crippen LogP contribution is -2.45. The van der Waals surface area contributed by atoms with Crippen LogP contribution in [0.4, 0.5) is 10.5 Å². The minimum atomic E-state index is -0.129. The zero-order chi connectivity index (χ0) is 17.8. The van der Waals surface area contributed by atoms with E-state index >= 15 is 0 Å². The fourth-order valence-corrected chi connectivity index (χ4v) is 3.04. The molecule has 132 valence electrons. The number of aromatic nitrogens is 3. The summed E-state index contributed by atoms with van der Waals surface area (Å²) in [4.78, 5) is 14.6. The first-order valence-corrected chi connectivity index (χ1v) is 8.48. The molecule has 0 radical (unpaired) electrons. The average molecular weight is 349 g/mol. The number of carbonyl (C=O) groups is 1. The second kappa shape index (κ2) is 7.37. The number of rotatable bonds is 3. The van der Waals surface area contributed by atoms with Crippen LogP contribution in [0.25, 0.3) is 5.69 Å². The summed E-state index contributed by atoms with van der Waals surface area (Å²) >= 11 is 0. The summed E-state index contributed by atoms with van der Waals surface area (Å²) in [5.41, 5.74) is 2.69. The summed E-state index contributed by atoms with van der Waals surface area (Å²) in [6.07, 6.45) is 3.39. The van der Waals surface area contributed by atoms with Gasteiger partial charge in [-0.25, -0.2) is 9.48 Å². The van der Waals surface area contributed by atoms with Crippen LogP contribution in [0.3, 0.4) is 0 Å². The van der Waals surface area contributed by atoms with Crippen LogP contribution in [0.1, 0.15) is 11.6 Å². The molecular formula is C19H19N5O2. The Kier molecular flexibility index (Phi) is 4.61. The second-order valence-corrected chi connectivity index (χ2v) is 6.02. The van der Waals surface area contributed by atoms with Gasteiger partial charge in [-0.15, -0.1) is 5.10 Å². The van der Waals surface area contributed by atoms with Crippen LogP contribution in [0, 0.1) is 0 Å². The normalized spacial score (nSPS) is 17.1. The molecule has 1 aromatic heterocycles. The van der Waals surface area contributed by atoms with E-state index < -0.39 is 0 Å². The van der Waals surface area contributed by atoms with E-state index in [-0.39, 0.29) is 12.1 Å². The molecule has 0 aliphatic carbocycles. The Bertz CT molecular complexity index is 849. The van der Waals surface area contributed by atoms with Gasteiger partial charge in [0.15, 0.2) is 0 Å². The van der Waals surface area contributed by atoms with E-state index in [4.69, 9.17) is 4.74 Å². The fraction of sp³-hybridized carbons (Fsp3) is 0.211. The molecule has 0 bridgehead atoms. The van der Waals surface area contributed by atoms with E-state index in [1.54, 1.807) is 17.1 Å². The average Bonchev–Trinajstić information content (AvgIpc) is 3.24. The Morgan fingerprint density at radius 2 is 1.92 bits per heavy atom. The standard InChI is InChI=1S/C19H19N5O2/c25-19(21-16-6-8-17(9-7-16)24-11-10-20-22-24)23-12-13-26-14-18(23)15-4-2-1-3-5-15/h1-11,18H,12-14H2,(H,21,25)/t18-/m1/s1. The minimum absolute atomic E-state index is 0.0839. The fourth-order valence-electron chi connectivity index (χ4n) is 3.04. The van der Waals surface area contributed by atoms with Gasteiger partial charge in [0.2, 0.25) is 0 Å². The molecule has 3 aromatic rings.